The molecule has 1 aromatic carbocycles. The molecule has 1 amide bonds. The van der Waals surface area contributed by atoms with Crippen LogP contribution >= 0.6 is 11.6 Å². The molecule has 2 aromatic rings. The average molecular weight is 332 g/mol. The Morgan fingerprint density at radius 2 is 2.13 bits per heavy atom. The van der Waals surface area contributed by atoms with Crippen LogP contribution < -0.4 is 10.9 Å². The van der Waals surface area contributed by atoms with Crippen LogP contribution in [0, 0.1) is 11.3 Å². The number of nitriles is 1. The van der Waals surface area contributed by atoms with E-state index in [1.165, 1.54) is 36.5 Å². The van der Waals surface area contributed by atoms with E-state index in [1.54, 1.807) is 0 Å². The minimum absolute atomic E-state index is 0.193. The first-order chi connectivity index (χ1) is 11.0. The molecular formula is C15H10ClN3O4. The summed E-state index contributed by atoms with van der Waals surface area (Å²) in [4.78, 5) is 37.1. The van der Waals surface area contributed by atoms with Crippen LogP contribution in [0.15, 0.2) is 41.3 Å². The van der Waals surface area contributed by atoms with E-state index in [-0.39, 0.29) is 16.1 Å². The zero-order valence-electron chi connectivity index (χ0n) is 11.6. The molecule has 23 heavy (non-hydrogen) atoms. The largest absolute Gasteiger partial charge is 0.452 e. The first-order valence-electron chi connectivity index (χ1n) is 6.35. The molecule has 0 saturated carbocycles. The highest BCUT2D eigenvalue weighted by molar-refractivity contribution is 6.32. The van der Waals surface area contributed by atoms with Gasteiger partial charge < -0.3 is 15.0 Å². The van der Waals surface area contributed by atoms with Gasteiger partial charge in [0.1, 0.15) is 11.6 Å². The molecule has 2 N–H and O–H groups in total. The summed E-state index contributed by atoms with van der Waals surface area (Å²) in [5, 5.41) is 11.4. The van der Waals surface area contributed by atoms with E-state index >= 15 is 0 Å². The van der Waals surface area contributed by atoms with Crippen molar-refractivity contribution in [3.8, 4) is 6.07 Å². The smallest absolute Gasteiger partial charge is 0.344 e. The number of aromatic nitrogens is 1. The molecule has 0 atom stereocenters. The highest BCUT2D eigenvalue weighted by atomic mass is 35.5. The molecule has 116 valence electrons. The fraction of sp³-hybridized carbons (Fsp3) is 0.0667. The highest BCUT2D eigenvalue weighted by Crippen LogP contribution is 2.20. The Balaban J connectivity index is 1.94. The van der Waals surface area contributed by atoms with Gasteiger partial charge in [0, 0.05) is 11.9 Å². The lowest BCUT2D eigenvalue weighted by Gasteiger charge is -2.07. The number of ether oxygens (including phenoxy) is 1. The number of benzene rings is 1. The predicted molar refractivity (Wildman–Crippen MR) is 82.1 cm³/mol. The first kappa shape index (κ1) is 16.3. The normalized spacial score (nSPS) is 9.74. The maximum absolute atomic E-state index is 11.7. The van der Waals surface area contributed by atoms with Gasteiger partial charge in [0.15, 0.2) is 6.61 Å². The van der Waals surface area contributed by atoms with Gasteiger partial charge in [0.05, 0.1) is 10.6 Å². The van der Waals surface area contributed by atoms with Crippen molar-refractivity contribution in [3.63, 3.8) is 0 Å². The summed E-state index contributed by atoms with van der Waals surface area (Å²) in [7, 11) is 0. The van der Waals surface area contributed by atoms with E-state index in [0.29, 0.717) is 5.69 Å². The van der Waals surface area contributed by atoms with Gasteiger partial charge in [0.2, 0.25) is 0 Å². The molecule has 1 heterocycles. The number of H-pyrrole nitrogens is 1. The number of hydrogen-bond acceptors (Lipinski definition) is 5. The highest BCUT2D eigenvalue weighted by Gasteiger charge is 2.13. The minimum atomic E-state index is -0.903. The summed E-state index contributed by atoms with van der Waals surface area (Å²) in [5.74, 6) is -1.51. The monoisotopic (exact) mass is 331 g/mol. The van der Waals surface area contributed by atoms with Crippen LogP contribution in [-0.4, -0.2) is 23.5 Å². The van der Waals surface area contributed by atoms with Crippen LogP contribution in [0.1, 0.15) is 15.9 Å². The van der Waals surface area contributed by atoms with E-state index in [0.717, 1.165) is 0 Å². The van der Waals surface area contributed by atoms with Crippen molar-refractivity contribution in [2.45, 2.75) is 0 Å². The third-order valence-corrected chi connectivity index (χ3v) is 3.06. The number of amides is 1. The number of hydrogen-bond donors (Lipinski definition) is 2. The molecular weight excluding hydrogens is 322 g/mol. The molecule has 1 aromatic heterocycles. The third-order valence-electron chi connectivity index (χ3n) is 2.75. The lowest BCUT2D eigenvalue weighted by atomic mass is 10.2. The van der Waals surface area contributed by atoms with Crippen LogP contribution in [0.2, 0.25) is 5.02 Å². The third kappa shape index (κ3) is 4.18. The quantitative estimate of drug-likeness (QED) is 0.828. The van der Waals surface area contributed by atoms with Gasteiger partial charge in [0.25, 0.3) is 11.5 Å². The summed E-state index contributed by atoms with van der Waals surface area (Å²) in [6.45, 7) is -0.565. The number of esters is 1. The van der Waals surface area contributed by atoms with Gasteiger partial charge in [-0.05, 0) is 30.3 Å². The van der Waals surface area contributed by atoms with Gasteiger partial charge in [-0.1, -0.05) is 11.6 Å². The summed E-state index contributed by atoms with van der Waals surface area (Å²) in [6, 6.07) is 9.00. The van der Waals surface area contributed by atoms with Crippen LogP contribution in [0.3, 0.4) is 0 Å². The van der Waals surface area contributed by atoms with Crippen molar-refractivity contribution in [3.05, 3.63) is 63.0 Å². The molecule has 2 rings (SSSR count). The molecule has 0 aliphatic carbocycles. The summed E-state index contributed by atoms with van der Waals surface area (Å²) in [5.41, 5.74) is -0.162. The van der Waals surface area contributed by atoms with Crippen LogP contribution in [0.25, 0.3) is 0 Å². The Hall–Kier alpha value is -3.11. The average Bonchev–Trinajstić information content (AvgIpc) is 2.53. The zero-order valence-corrected chi connectivity index (χ0v) is 12.4. The Labute approximate surface area is 135 Å². The molecule has 0 unspecified atom stereocenters. The van der Waals surface area contributed by atoms with Gasteiger partial charge in [-0.25, -0.2) is 4.79 Å². The van der Waals surface area contributed by atoms with E-state index in [4.69, 9.17) is 21.6 Å². The van der Waals surface area contributed by atoms with Gasteiger partial charge >= 0.3 is 5.97 Å². The van der Waals surface area contributed by atoms with Crippen LogP contribution in [0.4, 0.5) is 5.69 Å². The van der Waals surface area contributed by atoms with Crippen molar-refractivity contribution in [2.24, 2.45) is 0 Å². The zero-order chi connectivity index (χ0) is 16.8. The first-order valence-corrected chi connectivity index (χ1v) is 6.73. The van der Waals surface area contributed by atoms with Crippen molar-refractivity contribution < 1.29 is 14.3 Å². The predicted octanol–water partition coefficient (Wildman–Crippen LogP) is 1.70. The number of carbonyl (C=O) groups is 2. The second kappa shape index (κ2) is 7.24. The molecule has 0 aliphatic rings. The van der Waals surface area contributed by atoms with Crippen molar-refractivity contribution in [1.82, 2.24) is 4.98 Å². The van der Waals surface area contributed by atoms with E-state index in [9.17, 15) is 14.4 Å². The number of nitrogens with zero attached hydrogens (tertiary/aromatic N) is 1. The fourth-order valence-electron chi connectivity index (χ4n) is 1.67. The summed E-state index contributed by atoms with van der Waals surface area (Å²) >= 11 is 5.84. The maximum atomic E-state index is 11.7. The number of rotatable bonds is 4. The summed E-state index contributed by atoms with van der Waals surface area (Å²) < 4.78 is 4.76. The molecule has 0 saturated heterocycles. The van der Waals surface area contributed by atoms with Crippen LogP contribution in [0.5, 0.6) is 0 Å². The van der Waals surface area contributed by atoms with Gasteiger partial charge in [-0.2, -0.15) is 5.26 Å². The van der Waals surface area contributed by atoms with Gasteiger partial charge in [-0.15, -0.1) is 0 Å². The SMILES string of the molecule is N#Cc1ccc(NC(=O)COC(=O)c2ccc[nH]c2=O)cc1Cl. The van der Waals surface area contributed by atoms with Gasteiger partial charge in [-0.3, -0.25) is 9.59 Å². The topological polar surface area (TPSA) is 112 Å². The van der Waals surface area contributed by atoms with Crippen molar-refractivity contribution >= 4 is 29.2 Å². The number of carbonyl (C=O) groups excluding carboxylic acids is 2. The molecule has 8 heteroatoms. The molecule has 0 aliphatic heterocycles. The molecule has 0 fully saturated rings. The fourth-order valence-corrected chi connectivity index (χ4v) is 1.89. The van der Waals surface area contributed by atoms with Crippen molar-refractivity contribution in [2.75, 3.05) is 11.9 Å². The number of anilines is 1. The summed E-state index contributed by atoms with van der Waals surface area (Å²) in [6.07, 6.45) is 1.38. The molecule has 0 radical (unpaired) electrons. The van der Waals surface area contributed by atoms with Crippen molar-refractivity contribution in [1.29, 1.82) is 5.26 Å². The molecule has 0 spiro atoms. The van der Waals surface area contributed by atoms with E-state index in [2.05, 4.69) is 10.3 Å². The Morgan fingerprint density at radius 1 is 1.35 bits per heavy atom. The maximum Gasteiger partial charge on any atom is 0.344 e. The molecule has 0 bridgehead atoms. The Kier molecular flexibility index (Phi) is 5.12. The second-order valence-corrected chi connectivity index (χ2v) is 4.75. The Bertz CT molecular complexity index is 854. The lowest BCUT2D eigenvalue weighted by Crippen LogP contribution is -2.24. The van der Waals surface area contributed by atoms with Crippen LogP contribution in [-0.2, 0) is 9.53 Å². The number of halogens is 1. The number of pyridine rings is 1. The number of nitrogens with one attached hydrogen (secondary N) is 2. The lowest BCUT2D eigenvalue weighted by molar-refractivity contribution is -0.119. The second-order valence-electron chi connectivity index (χ2n) is 4.34. The standard InChI is InChI=1S/C15H10ClN3O4/c16-12-6-10(4-3-9(12)7-17)19-13(20)8-23-15(22)11-2-1-5-18-14(11)21/h1-6H,8H2,(H,18,21)(H,19,20). The molecule has 7 nitrogen and oxygen atoms in total. The Morgan fingerprint density at radius 3 is 2.78 bits per heavy atom. The number of aromatic amines is 1. The van der Waals surface area contributed by atoms with E-state index in [1.807, 2.05) is 6.07 Å². The minimum Gasteiger partial charge on any atom is -0.452 e. The van der Waals surface area contributed by atoms with E-state index < -0.39 is 24.0 Å².